The third kappa shape index (κ3) is 3.55. The smallest absolute Gasteiger partial charge is 0.160 e. The molecule has 0 radical (unpaired) electrons. The maximum atomic E-state index is 5.25. The van der Waals surface area contributed by atoms with Crippen LogP contribution >= 0.6 is 0 Å². The summed E-state index contributed by atoms with van der Waals surface area (Å²) in [6, 6.07) is 55.9. The summed E-state index contributed by atoms with van der Waals surface area (Å²) in [5.74, 6) is 0.724. The van der Waals surface area contributed by atoms with Gasteiger partial charge in [-0.1, -0.05) is 91.0 Å². The number of benzene rings is 7. The van der Waals surface area contributed by atoms with Gasteiger partial charge in [0.25, 0.3) is 0 Å². The van der Waals surface area contributed by atoms with Crippen LogP contribution < -0.4 is 4.90 Å². The second-order valence-corrected chi connectivity index (χ2v) is 11.8. The maximum Gasteiger partial charge on any atom is 0.160 e. The van der Waals surface area contributed by atoms with E-state index in [0.29, 0.717) is 0 Å². The fourth-order valence-corrected chi connectivity index (χ4v) is 7.31. The molecule has 7 aromatic carbocycles. The van der Waals surface area contributed by atoms with Crippen molar-refractivity contribution in [1.82, 2.24) is 14.5 Å². The number of fused-ring (bicyclic) bond motifs is 7. The lowest BCUT2D eigenvalue weighted by atomic mass is 9.96. The van der Waals surface area contributed by atoms with Crippen LogP contribution in [0.25, 0.3) is 71.8 Å². The molecule has 0 amide bonds. The lowest BCUT2D eigenvalue weighted by Crippen LogP contribution is -2.16. The molecule has 0 aliphatic carbocycles. The van der Waals surface area contributed by atoms with Crippen molar-refractivity contribution in [3.05, 3.63) is 158 Å². The van der Waals surface area contributed by atoms with E-state index in [2.05, 4.69) is 167 Å². The maximum absolute atomic E-state index is 5.25. The number of hydrogen-bond donors (Lipinski definition) is 0. The molecule has 0 saturated heterocycles. The third-order valence-electron chi connectivity index (χ3n) is 9.30. The molecular formula is C42H26N4. The molecule has 0 N–H and O–H groups in total. The summed E-state index contributed by atoms with van der Waals surface area (Å²) in [6.45, 7) is 0. The zero-order valence-corrected chi connectivity index (χ0v) is 24.8. The Labute approximate surface area is 265 Å². The van der Waals surface area contributed by atoms with Gasteiger partial charge in [-0.15, -0.1) is 0 Å². The summed E-state index contributed by atoms with van der Waals surface area (Å²) < 4.78 is 2.37. The van der Waals surface area contributed by atoms with Crippen LogP contribution in [0.15, 0.2) is 158 Å². The van der Waals surface area contributed by atoms with E-state index in [1.165, 1.54) is 32.6 Å². The van der Waals surface area contributed by atoms with Crippen molar-refractivity contribution < 1.29 is 0 Å². The Morgan fingerprint density at radius 3 is 2.07 bits per heavy atom. The van der Waals surface area contributed by atoms with Crippen molar-refractivity contribution in [2.24, 2.45) is 0 Å². The van der Waals surface area contributed by atoms with E-state index in [9.17, 15) is 0 Å². The van der Waals surface area contributed by atoms with Crippen molar-refractivity contribution in [3.63, 3.8) is 0 Å². The Morgan fingerprint density at radius 2 is 1.17 bits per heavy atom. The molecule has 3 heterocycles. The van der Waals surface area contributed by atoms with Crippen LogP contribution in [0.4, 0.5) is 17.1 Å². The topological polar surface area (TPSA) is 34.0 Å². The summed E-state index contributed by atoms with van der Waals surface area (Å²) in [6.07, 6.45) is 0. The van der Waals surface area contributed by atoms with Gasteiger partial charge in [-0.3, -0.25) is 0 Å². The fraction of sp³-hybridized carbons (Fsp3) is 0. The zero-order valence-electron chi connectivity index (χ0n) is 24.8. The van der Waals surface area contributed by atoms with E-state index < -0.39 is 0 Å². The van der Waals surface area contributed by atoms with Gasteiger partial charge in [-0.25, -0.2) is 9.97 Å². The number of nitrogens with zero attached hydrogens (tertiary/aromatic N) is 4. The number of rotatable bonds is 3. The first kappa shape index (κ1) is 25.1. The number of para-hydroxylation sites is 3. The van der Waals surface area contributed by atoms with Crippen LogP contribution in [-0.2, 0) is 0 Å². The summed E-state index contributed by atoms with van der Waals surface area (Å²) in [4.78, 5) is 12.7. The van der Waals surface area contributed by atoms with Gasteiger partial charge in [0.05, 0.1) is 39.0 Å². The van der Waals surface area contributed by atoms with Crippen LogP contribution in [-0.4, -0.2) is 14.5 Å². The summed E-state index contributed by atoms with van der Waals surface area (Å²) in [5.41, 5.74) is 10.8. The number of hydrogen-bond acceptors (Lipinski definition) is 3. The lowest BCUT2D eigenvalue weighted by Gasteiger charge is -2.32. The van der Waals surface area contributed by atoms with Gasteiger partial charge in [-0.2, -0.15) is 0 Å². The monoisotopic (exact) mass is 586 g/mol. The van der Waals surface area contributed by atoms with Crippen LogP contribution in [0.1, 0.15) is 0 Å². The van der Waals surface area contributed by atoms with Gasteiger partial charge in [0.1, 0.15) is 0 Å². The zero-order chi connectivity index (χ0) is 30.2. The molecule has 0 atom stereocenters. The number of aromatic nitrogens is 3. The molecule has 10 rings (SSSR count). The first-order valence-corrected chi connectivity index (χ1v) is 15.6. The third-order valence-corrected chi connectivity index (χ3v) is 9.30. The standard InChI is InChI=1S/C42H26N4/c1-2-12-29(13-3-1)45-36-19-9-7-16-33(36)41-40-34(17-10-20-37(40)45)43-42(44-41)28-21-24-30(25-22-28)46-35-18-8-6-15-32(35)39-31-14-5-4-11-27(31)23-26-38(39)46/h1-26H. The quantitative estimate of drug-likeness (QED) is 0.206. The van der Waals surface area contributed by atoms with Crippen LogP contribution in [0.3, 0.4) is 0 Å². The lowest BCUT2D eigenvalue weighted by molar-refractivity contribution is 1.17. The minimum atomic E-state index is 0.724. The fourth-order valence-electron chi connectivity index (χ4n) is 7.31. The van der Waals surface area contributed by atoms with Crippen LogP contribution in [0.5, 0.6) is 0 Å². The van der Waals surface area contributed by atoms with Crippen molar-refractivity contribution in [3.8, 4) is 28.3 Å². The molecule has 0 bridgehead atoms. The molecular weight excluding hydrogens is 560 g/mol. The molecule has 9 aromatic rings. The van der Waals surface area contributed by atoms with E-state index in [1.807, 2.05) is 0 Å². The van der Waals surface area contributed by atoms with E-state index in [1.54, 1.807) is 0 Å². The minimum absolute atomic E-state index is 0.724. The van der Waals surface area contributed by atoms with Crippen molar-refractivity contribution in [1.29, 1.82) is 0 Å². The molecule has 46 heavy (non-hydrogen) atoms. The van der Waals surface area contributed by atoms with Gasteiger partial charge < -0.3 is 9.47 Å². The second kappa shape index (κ2) is 9.62. The molecule has 4 nitrogen and oxygen atoms in total. The predicted molar refractivity (Wildman–Crippen MR) is 190 cm³/mol. The molecule has 1 aliphatic heterocycles. The van der Waals surface area contributed by atoms with Gasteiger partial charge in [-0.05, 0) is 77.5 Å². The van der Waals surface area contributed by atoms with Crippen molar-refractivity contribution >= 4 is 60.5 Å². The Kier molecular flexibility index (Phi) is 5.25. The summed E-state index contributed by atoms with van der Waals surface area (Å²) in [7, 11) is 0. The van der Waals surface area contributed by atoms with E-state index in [4.69, 9.17) is 9.97 Å². The highest BCUT2D eigenvalue weighted by molar-refractivity contribution is 6.21. The average Bonchev–Trinajstić information content (AvgIpc) is 3.47. The van der Waals surface area contributed by atoms with Gasteiger partial charge in [0.2, 0.25) is 0 Å². The number of anilines is 3. The van der Waals surface area contributed by atoms with E-state index >= 15 is 0 Å². The molecule has 1 aliphatic rings. The van der Waals surface area contributed by atoms with E-state index in [-0.39, 0.29) is 0 Å². The summed E-state index contributed by atoms with van der Waals surface area (Å²) >= 11 is 0. The normalized spacial score (nSPS) is 12.3. The van der Waals surface area contributed by atoms with Gasteiger partial charge in [0, 0.05) is 33.3 Å². The molecule has 0 spiro atoms. The molecule has 0 fully saturated rings. The second-order valence-electron chi connectivity index (χ2n) is 11.8. The highest BCUT2D eigenvalue weighted by atomic mass is 15.2. The van der Waals surface area contributed by atoms with E-state index in [0.717, 1.165) is 56.3 Å². The highest BCUT2D eigenvalue weighted by Gasteiger charge is 2.28. The highest BCUT2D eigenvalue weighted by Crippen LogP contribution is 2.50. The van der Waals surface area contributed by atoms with Gasteiger partial charge in [0.15, 0.2) is 5.82 Å². The predicted octanol–water partition coefficient (Wildman–Crippen LogP) is 11.0. The van der Waals surface area contributed by atoms with Crippen molar-refractivity contribution in [2.75, 3.05) is 4.90 Å². The van der Waals surface area contributed by atoms with Crippen LogP contribution in [0.2, 0.25) is 0 Å². The Hall–Kier alpha value is -6.26. The molecule has 0 unspecified atom stereocenters. The van der Waals surface area contributed by atoms with Crippen molar-refractivity contribution in [2.45, 2.75) is 0 Å². The Bertz CT molecular complexity index is 2640. The minimum Gasteiger partial charge on any atom is -0.309 e. The first-order valence-electron chi connectivity index (χ1n) is 15.6. The molecule has 4 heteroatoms. The molecule has 214 valence electrons. The first-order chi connectivity index (χ1) is 22.8. The Balaban J connectivity index is 1.14. The van der Waals surface area contributed by atoms with Gasteiger partial charge >= 0.3 is 0 Å². The largest absolute Gasteiger partial charge is 0.309 e. The van der Waals surface area contributed by atoms with Crippen LogP contribution in [0, 0.1) is 0 Å². The summed E-state index contributed by atoms with van der Waals surface area (Å²) in [5, 5.41) is 6.14. The Morgan fingerprint density at radius 1 is 0.435 bits per heavy atom. The molecule has 0 saturated carbocycles. The SMILES string of the molecule is c1ccc(N2c3ccccc3-c3nc(-c4ccc(-n5c6ccccc6c6c7ccccc7ccc65)cc4)nc4cccc2c34)cc1. The molecule has 2 aromatic heterocycles. The average molecular weight is 587 g/mol.